The van der Waals surface area contributed by atoms with Crippen molar-refractivity contribution in [1.29, 1.82) is 0 Å². The van der Waals surface area contributed by atoms with Gasteiger partial charge in [-0.2, -0.15) is 0 Å². The summed E-state index contributed by atoms with van der Waals surface area (Å²) >= 11 is 3.50. The van der Waals surface area contributed by atoms with E-state index in [1.54, 1.807) is 12.1 Å². The molecule has 0 amide bonds. The van der Waals surface area contributed by atoms with Gasteiger partial charge in [0.05, 0.1) is 0 Å². The van der Waals surface area contributed by atoms with Crippen LogP contribution in [0.25, 0.3) is 0 Å². The SMILES string of the molecule is CCN(Cc1cc(F)ccc1Br)CC1CCCCN1. The van der Waals surface area contributed by atoms with Crippen LogP contribution in [0.3, 0.4) is 0 Å². The van der Waals surface area contributed by atoms with Gasteiger partial charge in [-0.15, -0.1) is 0 Å². The van der Waals surface area contributed by atoms with Crippen LogP contribution in [0, 0.1) is 5.82 Å². The van der Waals surface area contributed by atoms with Crippen molar-refractivity contribution in [2.24, 2.45) is 0 Å². The topological polar surface area (TPSA) is 15.3 Å². The van der Waals surface area contributed by atoms with E-state index >= 15 is 0 Å². The summed E-state index contributed by atoms with van der Waals surface area (Å²) in [4.78, 5) is 2.38. The van der Waals surface area contributed by atoms with E-state index in [0.29, 0.717) is 6.04 Å². The van der Waals surface area contributed by atoms with Gasteiger partial charge in [-0.3, -0.25) is 4.90 Å². The molecule has 0 bridgehead atoms. The molecule has 0 aliphatic carbocycles. The zero-order chi connectivity index (χ0) is 13.7. The van der Waals surface area contributed by atoms with Gasteiger partial charge in [0.2, 0.25) is 0 Å². The quantitative estimate of drug-likeness (QED) is 0.889. The maximum atomic E-state index is 13.3. The maximum Gasteiger partial charge on any atom is 0.123 e. The third kappa shape index (κ3) is 4.55. The maximum absolute atomic E-state index is 13.3. The van der Waals surface area contributed by atoms with Crippen molar-refractivity contribution >= 4 is 15.9 Å². The zero-order valence-electron chi connectivity index (χ0n) is 11.5. The van der Waals surface area contributed by atoms with E-state index in [1.165, 1.54) is 25.3 Å². The lowest BCUT2D eigenvalue weighted by atomic mass is 10.0. The van der Waals surface area contributed by atoms with Crippen molar-refractivity contribution < 1.29 is 4.39 Å². The fourth-order valence-corrected chi connectivity index (χ4v) is 2.97. The van der Waals surface area contributed by atoms with Crippen LogP contribution in [-0.2, 0) is 6.54 Å². The van der Waals surface area contributed by atoms with E-state index < -0.39 is 0 Å². The lowest BCUT2D eigenvalue weighted by molar-refractivity contribution is 0.226. The molecule has 1 aromatic rings. The molecular formula is C15H22BrFN2. The van der Waals surface area contributed by atoms with Gasteiger partial charge in [-0.05, 0) is 49.7 Å². The van der Waals surface area contributed by atoms with Crippen LogP contribution < -0.4 is 5.32 Å². The van der Waals surface area contributed by atoms with Gasteiger partial charge in [0, 0.05) is 23.6 Å². The predicted molar refractivity (Wildman–Crippen MR) is 80.7 cm³/mol. The van der Waals surface area contributed by atoms with Gasteiger partial charge in [0.1, 0.15) is 5.82 Å². The first-order valence-electron chi connectivity index (χ1n) is 7.08. The molecule has 1 N–H and O–H groups in total. The smallest absolute Gasteiger partial charge is 0.123 e. The molecular weight excluding hydrogens is 307 g/mol. The number of piperidine rings is 1. The fraction of sp³-hybridized carbons (Fsp3) is 0.600. The molecule has 1 unspecified atom stereocenters. The van der Waals surface area contributed by atoms with E-state index in [9.17, 15) is 4.39 Å². The lowest BCUT2D eigenvalue weighted by Gasteiger charge is -2.30. The Bertz CT molecular complexity index is 405. The van der Waals surface area contributed by atoms with Crippen molar-refractivity contribution in [1.82, 2.24) is 10.2 Å². The van der Waals surface area contributed by atoms with Crippen LogP contribution in [-0.4, -0.2) is 30.6 Å². The number of hydrogen-bond donors (Lipinski definition) is 1. The summed E-state index contributed by atoms with van der Waals surface area (Å²) in [6.07, 6.45) is 3.86. The first kappa shape index (κ1) is 14.9. The van der Waals surface area contributed by atoms with Crippen molar-refractivity contribution in [3.05, 3.63) is 34.1 Å². The highest BCUT2D eigenvalue weighted by Gasteiger charge is 2.16. The summed E-state index contributed by atoms with van der Waals surface area (Å²) in [6, 6.07) is 5.49. The Balaban J connectivity index is 1.95. The summed E-state index contributed by atoms with van der Waals surface area (Å²) in [5.41, 5.74) is 1.03. The van der Waals surface area contributed by atoms with E-state index in [1.807, 2.05) is 0 Å². The van der Waals surface area contributed by atoms with Gasteiger partial charge in [-0.25, -0.2) is 4.39 Å². The Kier molecular flexibility index (Phi) is 5.79. The number of nitrogens with zero attached hydrogens (tertiary/aromatic N) is 1. The third-order valence-corrected chi connectivity index (χ3v) is 4.51. The minimum Gasteiger partial charge on any atom is -0.313 e. The first-order chi connectivity index (χ1) is 9.19. The second-order valence-corrected chi connectivity index (χ2v) is 6.06. The largest absolute Gasteiger partial charge is 0.313 e. The van der Waals surface area contributed by atoms with Crippen LogP contribution in [0.2, 0.25) is 0 Å². The van der Waals surface area contributed by atoms with Gasteiger partial charge >= 0.3 is 0 Å². The Labute approximate surface area is 123 Å². The van der Waals surface area contributed by atoms with Crippen LogP contribution in [0.4, 0.5) is 4.39 Å². The minimum absolute atomic E-state index is 0.162. The number of halogens is 2. The van der Waals surface area contributed by atoms with Crippen LogP contribution in [0.5, 0.6) is 0 Å². The molecule has 0 spiro atoms. The molecule has 106 valence electrons. The van der Waals surface area contributed by atoms with Crippen LogP contribution in [0.1, 0.15) is 31.7 Å². The molecule has 1 aliphatic heterocycles. The fourth-order valence-electron chi connectivity index (χ4n) is 2.60. The Morgan fingerprint density at radius 3 is 2.95 bits per heavy atom. The monoisotopic (exact) mass is 328 g/mol. The molecule has 2 nitrogen and oxygen atoms in total. The highest BCUT2D eigenvalue weighted by Crippen LogP contribution is 2.20. The predicted octanol–water partition coefficient (Wildman–Crippen LogP) is 3.55. The second-order valence-electron chi connectivity index (χ2n) is 5.21. The standard InChI is InChI=1S/C15H22BrFN2/c1-2-19(11-14-5-3-4-8-18-14)10-12-9-13(17)6-7-15(12)16/h6-7,9,14,18H,2-5,8,10-11H2,1H3. The molecule has 1 atom stereocenters. The molecule has 0 radical (unpaired) electrons. The molecule has 1 saturated heterocycles. The van der Waals surface area contributed by atoms with Crippen molar-refractivity contribution in [3.63, 3.8) is 0 Å². The van der Waals surface area contributed by atoms with Gasteiger partial charge < -0.3 is 5.32 Å². The molecule has 0 aromatic heterocycles. The molecule has 0 saturated carbocycles. The average molecular weight is 329 g/mol. The van der Waals surface area contributed by atoms with Crippen LogP contribution >= 0.6 is 15.9 Å². The Hall–Kier alpha value is -0.450. The molecule has 4 heteroatoms. The van der Waals surface area contributed by atoms with E-state index in [4.69, 9.17) is 0 Å². The van der Waals surface area contributed by atoms with E-state index in [0.717, 1.165) is 36.2 Å². The number of rotatable bonds is 5. The summed E-state index contributed by atoms with van der Waals surface area (Å²) in [5.74, 6) is -0.162. The zero-order valence-corrected chi connectivity index (χ0v) is 13.0. The lowest BCUT2D eigenvalue weighted by Crippen LogP contribution is -2.43. The summed E-state index contributed by atoms with van der Waals surface area (Å²) in [7, 11) is 0. The normalized spacial score (nSPS) is 19.9. The summed E-state index contributed by atoms with van der Waals surface area (Å²) < 4.78 is 14.3. The number of benzene rings is 1. The number of hydrogen-bond acceptors (Lipinski definition) is 2. The van der Waals surface area contributed by atoms with Crippen molar-refractivity contribution in [2.75, 3.05) is 19.6 Å². The van der Waals surface area contributed by atoms with Crippen LogP contribution in [0.15, 0.2) is 22.7 Å². The van der Waals surface area contributed by atoms with E-state index in [2.05, 4.69) is 33.1 Å². The highest BCUT2D eigenvalue weighted by molar-refractivity contribution is 9.10. The molecule has 19 heavy (non-hydrogen) atoms. The van der Waals surface area contributed by atoms with Gasteiger partial charge in [-0.1, -0.05) is 29.3 Å². The minimum atomic E-state index is -0.162. The first-order valence-corrected chi connectivity index (χ1v) is 7.88. The van der Waals surface area contributed by atoms with Gasteiger partial charge in [0.15, 0.2) is 0 Å². The summed E-state index contributed by atoms with van der Waals surface area (Å²) in [5, 5.41) is 3.57. The highest BCUT2D eigenvalue weighted by atomic mass is 79.9. The third-order valence-electron chi connectivity index (χ3n) is 3.74. The van der Waals surface area contributed by atoms with E-state index in [-0.39, 0.29) is 5.82 Å². The van der Waals surface area contributed by atoms with Crippen molar-refractivity contribution in [3.8, 4) is 0 Å². The second kappa shape index (κ2) is 7.36. The Morgan fingerprint density at radius 2 is 2.26 bits per heavy atom. The summed E-state index contributed by atoms with van der Waals surface area (Å²) in [6.45, 7) is 6.12. The molecule has 1 fully saturated rings. The molecule has 1 aliphatic rings. The number of nitrogens with one attached hydrogen (secondary N) is 1. The molecule has 1 aromatic carbocycles. The molecule has 1 heterocycles. The number of likely N-dealkylation sites (N-methyl/N-ethyl adjacent to an activating group) is 1. The van der Waals surface area contributed by atoms with Gasteiger partial charge in [0.25, 0.3) is 0 Å². The van der Waals surface area contributed by atoms with Crippen molar-refractivity contribution in [2.45, 2.75) is 38.8 Å². The average Bonchev–Trinajstić information content (AvgIpc) is 2.43. The Morgan fingerprint density at radius 1 is 1.42 bits per heavy atom. The molecule has 2 rings (SSSR count).